The lowest BCUT2D eigenvalue weighted by Crippen LogP contribution is -2.03. The maximum Gasteiger partial charge on any atom is 0.213 e. The Morgan fingerprint density at radius 3 is 2.80 bits per heavy atom. The number of alkyl halides is 1. The van der Waals surface area contributed by atoms with Crippen molar-refractivity contribution in [1.82, 2.24) is 4.98 Å². The van der Waals surface area contributed by atoms with Gasteiger partial charge in [0.05, 0.1) is 6.61 Å². The average Bonchev–Trinajstić information content (AvgIpc) is 2.23. The molecule has 0 N–H and O–H groups in total. The molecule has 0 bridgehead atoms. The molecule has 0 spiro atoms. The van der Waals surface area contributed by atoms with Crippen molar-refractivity contribution in [2.75, 3.05) is 20.3 Å². The molecule has 1 aromatic heterocycles. The highest BCUT2D eigenvalue weighted by Gasteiger charge is 2.00. The molecule has 15 heavy (non-hydrogen) atoms. The Labute approximate surface area is 95.4 Å². The Balaban J connectivity index is 2.49. The zero-order chi connectivity index (χ0) is 11.1. The van der Waals surface area contributed by atoms with Gasteiger partial charge in [0.2, 0.25) is 5.88 Å². The second-order valence-corrected chi connectivity index (χ2v) is 3.55. The summed E-state index contributed by atoms with van der Waals surface area (Å²) in [5.74, 6) is 1.12. The summed E-state index contributed by atoms with van der Waals surface area (Å²) < 4.78 is 10.4. The summed E-state index contributed by atoms with van der Waals surface area (Å²) in [7, 11) is 1.68. The Bertz CT molecular complexity index is 305. The van der Waals surface area contributed by atoms with Gasteiger partial charge in [-0.1, -0.05) is 0 Å². The third-order valence-electron chi connectivity index (χ3n) is 1.89. The van der Waals surface area contributed by atoms with E-state index in [1.807, 2.05) is 19.1 Å². The van der Waals surface area contributed by atoms with E-state index in [0.29, 0.717) is 25.0 Å². The van der Waals surface area contributed by atoms with Crippen molar-refractivity contribution >= 4 is 11.6 Å². The van der Waals surface area contributed by atoms with Crippen molar-refractivity contribution in [3.05, 3.63) is 23.4 Å². The Morgan fingerprint density at radius 1 is 1.33 bits per heavy atom. The molecule has 0 fully saturated rings. The van der Waals surface area contributed by atoms with Gasteiger partial charge in [0.1, 0.15) is 0 Å². The van der Waals surface area contributed by atoms with Crippen LogP contribution in [0.15, 0.2) is 12.1 Å². The fourth-order valence-corrected chi connectivity index (χ4v) is 1.39. The molecule has 84 valence electrons. The number of halogens is 1. The number of rotatable bonds is 6. The number of pyridine rings is 1. The summed E-state index contributed by atoms with van der Waals surface area (Å²) in [6, 6.07) is 3.82. The van der Waals surface area contributed by atoms with Crippen molar-refractivity contribution in [2.24, 2.45) is 0 Å². The molecule has 0 atom stereocenters. The normalized spacial score (nSPS) is 10.3. The molecule has 0 unspecified atom stereocenters. The Kier molecular flexibility index (Phi) is 5.43. The molecule has 0 radical (unpaired) electrons. The smallest absolute Gasteiger partial charge is 0.213 e. The van der Waals surface area contributed by atoms with Crippen LogP contribution in [-0.2, 0) is 10.6 Å². The number of ether oxygens (including phenoxy) is 2. The number of hydrogen-bond acceptors (Lipinski definition) is 3. The fraction of sp³-hybridized carbons (Fsp3) is 0.545. The largest absolute Gasteiger partial charge is 0.478 e. The third-order valence-corrected chi connectivity index (χ3v) is 2.20. The minimum Gasteiger partial charge on any atom is -0.478 e. The Morgan fingerprint density at radius 2 is 2.13 bits per heavy atom. The molecule has 1 aromatic rings. The summed E-state index contributed by atoms with van der Waals surface area (Å²) >= 11 is 5.75. The van der Waals surface area contributed by atoms with Gasteiger partial charge in [0, 0.05) is 37.8 Å². The molecule has 0 saturated heterocycles. The van der Waals surface area contributed by atoms with Gasteiger partial charge in [0.25, 0.3) is 0 Å². The monoisotopic (exact) mass is 229 g/mol. The molecule has 0 aliphatic carbocycles. The zero-order valence-corrected chi connectivity index (χ0v) is 9.88. The van der Waals surface area contributed by atoms with Gasteiger partial charge in [0.15, 0.2) is 0 Å². The summed E-state index contributed by atoms with van der Waals surface area (Å²) in [6.45, 7) is 3.25. The van der Waals surface area contributed by atoms with Crippen LogP contribution in [0.25, 0.3) is 0 Å². The topological polar surface area (TPSA) is 31.4 Å². The van der Waals surface area contributed by atoms with Crippen LogP contribution < -0.4 is 4.74 Å². The van der Waals surface area contributed by atoms with Gasteiger partial charge < -0.3 is 9.47 Å². The van der Waals surface area contributed by atoms with Crippen molar-refractivity contribution in [3.63, 3.8) is 0 Å². The number of nitrogens with zero attached hydrogens (tertiary/aromatic N) is 1. The lowest BCUT2D eigenvalue weighted by Gasteiger charge is -2.07. The average molecular weight is 230 g/mol. The highest BCUT2D eigenvalue weighted by molar-refractivity contribution is 6.17. The highest BCUT2D eigenvalue weighted by atomic mass is 35.5. The van der Waals surface area contributed by atoms with Crippen LogP contribution in [0.5, 0.6) is 5.88 Å². The molecule has 4 heteroatoms. The SMILES string of the molecule is COCCCOc1cc(CCl)cc(C)n1. The van der Waals surface area contributed by atoms with Gasteiger partial charge in [-0.15, -0.1) is 11.6 Å². The lowest BCUT2D eigenvalue weighted by molar-refractivity contribution is 0.170. The minimum absolute atomic E-state index is 0.484. The third kappa shape index (κ3) is 4.49. The molecule has 0 aromatic carbocycles. The van der Waals surface area contributed by atoms with Crippen LogP contribution in [0.4, 0.5) is 0 Å². The van der Waals surface area contributed by atoms with Gasteiger partial charge in [-0.3, -0.25) is 0 Å². The van der Waals surface area contributed by atoms with Crippen LogP contribution in [0, 0.1) is 6.92 Å². The fourth-order valence-electron chi connectivity index (χ4n) is 1.24. The van der Waals surface area contributed by atoms with E-state index < -0.39 is 0 Å². The molecule has 0 aliphatic rings. The highest BCUT2D eigenvalue weighted by Crippen LogP contribution is 2.14. The van der Waals surface area contributed by atoms with Crippen LogP contribution in [0.3, 0.4) is 0 Å². The van der Waals surface area contributed by atoms with E-state index in [1.165, 1.54) is 0 Å². The number of aromatic nitrogens is 1. The first-order chi connectivity index (χ1) is 7.26. The molecule has 1 heterocycles. The quantitative estimate of drug-likeness (QED) is 0.555. The maximum absolute atomic E-state index is 5.75. The molecule has 0 aliphatic heterocycles. The molecule has 3 nitrogen and oxygen atoms in total. The first kappa shape index (κ1) is 12.3. The standard InChI is InChI=1S/C11H16ClNO2/c1-9-6-10(8-12)7-11(13-9)15-5-3-4-14-2/h6-7H,3-5,8H2,1-2H3. The molecule has 0 saturated carbocycles. The number of aryl methyl sites for hydroxylation is 1. The predicted molar refractivity (Wildman–Crippen MR) is 60.5 cm³/mol. The summed E-state index contributed by atoms with van der Waals surface area (Å²) in [5.41, 5.74) is 1.96. The van der Waals surface area contributed by atoms with Crippen LogP contribution in [0.1, 0.15) is 17.7 Å². The molecular weight excluding hydrogens is 214 g/mol. The second kappa shape index (κ2) is 6.64. The Hall–Kier alpha value is -0.800. The van der Waals surface area contributed by atoms with Crippen LogP contribution in [-0.4, -0.2) is 25.3 Å². The van der Waals surface area contributed by atoms with E-state index >= 15 is 0 Å². The van der Waals surface area contributed by atoms with Crippen molar-refractivity contribution in [3.8, 4) is 5.88 Å². The van der Waals surface area contributed by atoms with E-state index in [2.05, 4.69) is 4.98 Å². The molecular formula is C11H16ClNO2. The van der Waals surface area contributed by atoms with E-state index in [9.17, 15) is 0 Å². The van der Waals surface area contributed by atoms with E-state index in [0.717, 1.165) is 17.7 Å². The van der Waals surface area contributed by atoms with Gasteiger partial charge >= 0.3 is 0 Å². The van der Waals surface area contributed by atoms with Crippen molar-refractivity contribution in [1.29, 1.82) is 0 Å². The van der Waals surface area contributed by atoms with Gasteiger partial charge in [-0.25, -0.2) is 4.98 Å². The summed E-state index contributed by atoms with van der Waals surface area (Å²) in [5, 5.41) is 0. The van der Waals surface area contributed by atoms with E-state index in [-0.39, 0.29) is 0 Å². The number of methoxy groups -OCH3 is 1. The summed E-state index contributed by atoms with van der Waals surface area (Å²) in [4.78, 5) is 4.26. The maximum atomic E-state index is 5.75. The second-order valence-electron chi connectivity index (χ2n) is 3.28. The first-order valence-electron chi connectivity index (χ1n) is 4.91. The molecule has 1 rings (SSSR count). The van der Waals surface area contributed by atoms with Crippen molar-refractivity contribution < 1.29 is 9.47 Å². The van der Waals surface area contributed by atoms with Crippen LogP contribution >= 0.6 is 11.6 Å². The minimum atomic E-state index is 0.484. The summed E-state index contributed by atoms with van der Waals surface area (Å²) in [6.07, 6.45) is 0.863. The van der Waals surface area contributed by atoms with Gasteiger partial charge in [-0.05, 0) is 18.6 Å². The van der Waals surface area contributed by atoms with E-state index in [1.54, 1.807) is 7.11 Å². The van der Waals surface area contributed by atoms with Crippen molar-refractivity contribution in [2.45, 2.75) is 19.2 Å². The lowest BCUT2D eigenvalue weighted by atomic mass is 10.2. The van der Waals surface area contributed by atoms with Gasteiger partial charge in [-0.2, -0.15) is 0 Å². The number of hydrogen-bond donors (Lipinski definition) is 0. The zero-order valence-electron chi connectivity index (χ0n) is 9.12. The molecule has 0 amide bonds. The van der Waals surface area contributed by atoms with Crippen LogP contribution in [0.2, 0.25) is 0 Å². The predicted octanol–water partition coefficient (Wildman–Crippen LogP) is 2.54. The first-order valence-corrected chi connectivity index (χ1v) is 5.45. The van der Waals surface area contributed by atoms with E-state index in [4.69, 9.17) is 21.1 Å².